The average Bonchev–Trinajstić information content (AvgIpc) is 3.32. The van der Waals surface area contributed by atoms with E-state index < -0.39 is 0 Å². The van der Waals surface area contributed by atoms with Crippen LogP contribution in [-0.2, 0) is 0 Å². The molecule has 1 aliphatic rings. The third-order valence-corrected chi connectivity index (χ3v) is 5.64. The molecule has 0 unspecified atom stereocenters. The van der Waals surface area contributed by atoms with E-state index in [0.29, 0.717) is 28.5 Å². The molecule has 0 bridgehead atoms. The third kappa shape index (κ3) is 2.82. The second-order valence-corrected chi connectivity index (χ2v) is 7.64. The fraction of sp³-hybridized carbons (Fsp3) is 0.333. The van der Waals surface area contributed by atoms with Crippen LogP contribution in [0.3, 0.4) is 0 Å². The van der Waals surface area contributed by atoms with Crippen molar-refractivity contribution in [2.45, 2.75) is 19.9 Å². The summed E-state index contributed by atoms with van der Waals surface area (Å²) < 4.78 is 14.3. The van der Waals surface area contributed by atoms with E-state index in [2.05, 4.69) is 55.9 Å². The summed E-state index contributed by atoms with van der Waals surface area (Å²) in [7, 11) is 0. The molecule has 28 heavy (non-hydrogen) atoms. The predicted molar refractivity (Wildman–Crippen MR) is 110 cm³/mol. The van der Waals surface area contributed by atoms with Gasteiger partial charge in [0.15, 0.2) is 5.82 Å². The van der Waals surface area contributed by atoms with Crippen LogP contribution in [0.2, 0.25) is 0 Å². The molecule has 5 rings (SSSR count). The molecule has 1 fully saturated rings. The largest absolute Gasteiger partial charge is 0.369 e. The molecule has 2 aromatic carbocycles. The maximum atomic E-state index is 14.3. The predicted octanol–water partition coefficient (Wildman–Crippen LogP) is 3.78. The van der Waals surface area contributed by atoms with Gasteiger partial charge in [0.2, 0.25) is 0 Å². The van der Waals surface area contributed by atoms with E-state index >= 15 is 0 Å². The second kappa shape index (κ2) is 6.60. The van der Waals surface area contributed by atoms with E-state index in [1.807, 2.05) is 12.1 Å². The van der Waals surface area contributed by atoms with E-state index in [4.69, 9.17) is 0 Å². The van der Waals surface area contributed by atoms with Gasteiger partial charge in [-0.25, -0.2) is 9.37 Å². The fourth-order valence-electron chi connectivity index (χ4n) is 4.00. The Labute approximate surface area is 162 Å². The third-order valence-electron chi connectivity index (χ3n) is 5.64. The topological polar surface area (TPSA) is 63.8 Å². The number of anilines is 1. The monoisotopic (exact) mass is 378 g/mol. The molecule has 0 aliphatic carbocycles. The highest BCUT2D eigenvalue weighted by Crippen LogP contribution is 2.29. The van der Waals surface area contributed by atoms with E-state index in [9.17, 15) is 4.39 Å². The van der Waals surface area contributed by atoms with Crippen molar-refractivity contribution >= 4 is 27.6 Å². The minimum absolute atomic E-state index is 0.301. The number of halogens is 1. The Kier molecular flexibility index (Phi) is 4.05. The van der Waals surface area contributed by atoms with E-state index in [1.165, 1.54) is 11.8 Å². The number of imidazole rings is 1. The normalized spacial score (nSPS) is 15.9. The summed E-state index contributed by atoms with van der Waals surface area (Å²) in [5.74, 6) is 0.276. The molecular weight excluding hydrogens is 355 g/mol. The molecule has 0 spiro atoms. The van der Waals surface area contributed by atoms with Gasteiger partial charge in [-0.3, -0.25) is 10.00 Å². The maximum absolute atomic E-state index is 14.3. The van der Waals surface area contributed by atoms with Gasteiger partial charge in [-0.1, -0.05) is 6.07 Å². The number of rotatable bonds is 3. The summed E-state index contributed by atoms with van der Waals surface area (Å²) in [6.07, 6.45) is 0. The molecule has 144 valence electrons. The lowest BCUT2D eigenvalue weighted by molar-refractivity contribution is 0.209. The second-order valence-electron chi connectivity index (χ2n) is 7.64. The highest BCUT2D eigenvalue weighted by atomic mass is 19.1. The van der Waals surface area contributed by atoms with E-state index in [-0.39, 0.29) is 5.82 Å². The Morgan fingerprint density at radius 2 is 1.86 bits per heavy atom. The van der Waals surface area contributed by atoms with Gasteiger partial charge in [-0.15, -0.1) is 0 Å². The van der Waals surface area contributed by atoms with Crippen molar-refractivity contribution in [1.29, 1.82) is 0 Å². The standard InChI is InChI=1S/C21H23FN6/c1-13(2)27-8-10-28(11-9-27)14-6-7-16-18(12-14)24-21(23-16)20-19-15(22)4-3-5-17(19)25-26-20/h3-7,12-13H,8-11H2,1-2H3,(H,23,24)(H,25,26). The summed E-state index contributed by atoms with van der Waals surface area (Å²) in [6, 6.07) is 11.8. The van der Waals surface area contributed by atoms with Gasteiger partial charge < -0.3 is 9.88 Å². The Morgan fingerprint density at radius 1 is 1.04 bits per heavy atom. The quantitative estimate of drug-likeness (QED) is 0.570. The van der Waals surface area contributed by atoms with Crippen molar-refractivity contribution < 1.29 is 4.39 Å². The first-order valence-electron chi connectivity index (χ1n) is 9.72. The van der Waals surface area contributed by atoms with Crippen LogP contribution in [-0.4, -0.2) is 57.3 Å². The number of benzene rings is 2. The molecule has 0 amide bonds. The number of piperazine rings is 1. The van der Waals surface area contributed by atoms with Gasteiger partial charge >= 0.3 is 0 Å². The number of H-pyrrole nitrogens is 2. The van der Waals surface area contributed by atoms with E-state index in [0.717, 1.165) is 37.2 Å². The highest BCUT2D eigenvalue weighted by molar-refractivity contribution is 5.93. The number of nitrogens with zero attached hydrogens (tertiary/aromatic N) is 4. The van der Waals surface area contributed by atoms with Crippen LogP contribution in [0.5, 0.6) is 0 Å². The number of aromatic nitrogens is 4. The Bertz CT molecular complexity index is 1140. The maximum Gasteiger partial charge on any atom is 0.159 e. The molecule has 0 radical (unpaired) electrons. The van der Waals surface area contributed by atoms with Crippen molar-refractivity contribution in [3.05, 3.63) is 42.2 Å². The first kappa shape index (κ1) is 17.2. The summed E-state index contributed by atoms with van der Waals surface area (Å²) in [5.41, 5.74) is 4.15. The van der Waals surface area contributed by atoms with Crippen molar-refractivity contribution in [1.82, 2.24) is 25.1 Å². The van der Waals surface area contributed by atoms with Crippen molar-refractivity contribution in [2.24, 2.45) is 0 Å². The number of fused-ring (bicyclic) bond motifs is 2. The average molecular weight is 378 g/mol. The molecule has 4 aromatic rings. The summed E-state index contributed by atoms with van der Waals surface area (Å²) in [6.45, 7) is 8.66. The molecule has 2 aromatic heterocycles. The molecule has 7 heteroatoms. The lowest BCUT2D eigenvalue weighted by Crippen LogP contribution is -2.48. The summed E-state index contributed by atoms with van der Waals surface area (Å²) in [4.78, 5) is 12.9. The molecule has 1 saturated heterocycles. The first-order chi connectivity index (χ1) is 13.6. The SMILES string of the molecule is CC(C)N1CCN(c2ccc3nc(-c4n[nH]c5cccc(F)c45)[nH]c3c2)CC1. The van der Waals surface area contributed by atoms with Crippen LogP contribution >= 0.6 is 0 Å². The van der Waals surface area contributed by atoms with Gasteiger partial charge in [0.05, 0.1) is 21.9 Å². The van der Waals surface area contributed by atoms with Crippen molar-refractivity contribution in [3.8, 4) is 11.5 Å². The Balaban J connectivity index is 1.47. The molecule has 3 heterocycles. The fourth-order valence-corrected chi connectivity index (χ4v) is 4.00. The zero-order valence-corrected chi connectivity index (χ0v) is 16.0. The number of aromatic amines is 2. The van der Waals surface area contributed by atoms with Crippen molar-refractivity contribution in [3.63, 3.8) is 0 Å². The molecule has 2 N–H and O–H groups in total. The number of hydrogen-bond donors (Lipinski definition) is 2. The molecule has 1 aliphatic heterocycles. The van der Waals surface area contributed by atoms with Gasteiger partial charge in [0.25, 0.3) is 0 Å². The van der Waals surface area contributed by atoms with Gasteiger partial charge in [0, 0.05) is 37.9 Å². The lowest BCUT2D eigenvalue weighted by atomic mass is 10.2. The van der Waals surface area contributed by atoms with Crippen LogP contribution in [0.1, 0.15) is 13.8 Å². The molecule has 0 saturated carbocycles. The Morgan fingerprint density at radius 3 is 2.64 bits per heavy atom. The molecule has 0 atom stereocenters. The van der Waals surface area contributed by atoms with Gasteiger partial charge in [-0.05, 0) is 44.2 Å². The highest BCUT2D eigenvalue weighted by Gasteiger charge is 2.20. The smallest absolute Gasteiger partial charge is 0.159 e. The lowest BCUT2D eigenvalue weighted by Gasteiger charge is -2.38. The molecular formula is C21H23FN6. The number of hydrogen-bond acceptors (Lipinski definition) is 4. The van der Waals surface area contributed by atoms with Crippen LogP contribution in [0, 0.1) is 5.82 Å². The van der Waals surface area contributed by atoms with Gasteiger partial charge in [-0.2, -0.15) is 5.10 Å². The minimum Gasteiger partial charge on any atom is -0.369 e. The zero-order valence-electron chi connectivity index (χ0n) is 16.0. The first-order valence-corrected chi connectivity index (χ1v) is 9.72. The summed E-state index contributed by atoms with van der Waals surface area (Å²) in [5, 5.41) is 7.63. The van der Waals surface area contributed by atoms with Crippen molar-refractivity contribution in [2.75, 3.05) is 31.1 Å². The number of nitrogens with one attached hydrogen (secondary N) is 2. The molecule has 6 nitrogen and oxygen atoms in total. The van der Waals surface area contributed by atoms with Crippen LogP contribution < -0.4 is 4.90 Å². The summed E-state index contributed by atoms with van der Waals surface area (Å²) >= 11 is 0. The zero-order chi connectivity index (χ0) is 19.3. The van der Waals surface area contributed by atoms with Crippen LogP contribution in [0.25, 0.3) is 33.5 Å². The van der Waals surface area contributed by atoms with Gasteiger partial charge in [0.1, 0.15) is 11.5 Å². The minimum atomic E-state index is -0.301. The Hall–Kier alpha value is -2.93. The van der Waals surface area contributed by atoms with Crippen LogP contribution in [0.4, 0.5) is 10.1 Å². The van der Waals surface area contributed by atoms with E-state index in [1.54, 1.807) is 6.07 Å². The van der Waals surface area contributed by atoms with Crippen LogP contribution in [0.15, 0.2) is 36.4 Å².